The van der Waals surface area contributed by atoms with Crippen molar-refractivity contribution in [1.82, 2.24) is 0 Å². The molecule has 1 unspecified atom stereocenters. The summed E-state index contributed by atoms with van der Waals surface area (Å²) in [4.78, 5) is 11.5. The molecular formula is C12H11ClO4. The molecule has 0 saturated heterocycles. The van der Waals surface area contributed by atoms with Gasteiger partial charge in [-0.15, -0.1) is 0 Å². The number of halogens is 1. The molecule has 0 bridgehead atoms. The predicted octanol–water partition coefficient (Wildman–Crippen LogP) is 1.83. The zero-order valence-electron chi connectivity index (χ0n) is 9.14. The SMILES string of the molecule is COC1=C(C(O)c2ccccc2Cl)C(=O)OC1. The third-order valence-electron chi connectivity index (χ3n) is 2.57. The summed E-state index contributed by atoms with van der Waals surface area (Å²) in [6, 6.07) is 6.78. The van der Waals surface area contributed by atoms with E-state index >= 15 is 0 Å². The maximum absolute atomic E-state index is 11.5. The quantitative estimate of drug-likeness (QED) is 0.836. The van der Waals surface area contributed by atoms with Crippen molar-refractivity contribution < 1.29 is 19.4 Å². The van der Waals surface area contributed by atoms with Crippen molar-refractivity contribution in [2.24, 2.45) is 0 Å². The third kappa shape index (κ3) is 2.14. The highest BCUT2D eigenvalue weighted by Crippen LogP contribution is 2.33. The zero-order chi connectivity index (χ0) is 12.4. The summed E-state index contributed by atoms with van der Waals surface area (Å²) >= 11 is 5.96. The van der Waals surface area contributed by atoms with E-state index in [0.717, 1.165) is 0 Å². The fraction of sp³-hybridized carbons (Fsp3) is 0.250. The fourth-order valence-electron chi connectivity index (χ4n) is 1.69. The molecule has 17 heavy (non-hydrogen) atoms. The molecule has 0 amide bonds. The number of methoxy groups -OCH3 is 1. The molecule has 0 fully saturated rings. The second-order valence-electron chi connectivity index (χ2n) is 3.54. The number of aliphatic hydroxyl groups is 1. The third-order valence-corrected chi connectivity index (χ3v) is 2.92. The summed E-state index contributed by atoms with van der Waals surface area (Å²) in [6.07, 6.45) is -1.13. The molecule has 1 heterocycles. The molecule has 0 spiro atoms. The van der Waals surface area contributed by atoms with E-state index in [1.165, 1.54) is 7.11 Å². The molecule has 1 N–H and O–H groups in total. The molecule has 1 aliphatic heterocycles. The van der Waals surface area contributed by atoms with Crippen LogP contribution in [0.4, 0.5) is 0 Å². The predicted molar refractivity (Wildman–Crippen MR) is 61.4 cm³/mol. The first-order valence-corrected chi connectivity index (χ1v) is 5.39. The van der Waals surface area contributed by atoms with Crippen LogP contribution in [0.25, 0.3) is 0 Å². The van der Waals surface area contributed by atoms with Crippen LogP contribution in [0.3, 0.4) is 0 Å². The Kier molecular flexibility index (Phi) is 3.36. The van der Waals surface area contributed by atoms with E-state index < -0.39 is 12.1 Å². The molecular weight excluding hydrogens is 244 g/mol. The molecule has 0 aliphatic carbocycles. The van der Waals surface area contributed by atoms with E-state index in [2.05, 4.69) is 0 Å². The highest BCUT2D eigenvalue weighted by atomic mass is 35.5. The minimum Gasteiger partial charge on any atom is -0.497 e. The zero-order valence-corrected chi connectivity index (χ0v) is 9.90. The van der Waals surface area contributed by atoms with E-state index in [0.29, 0.717) is 16.3 Å². The van der Waals surface area contributed by atoms with Crippen LogP contribution in [0, 0.1) is 0 Å². The lowest BCUT2D eigenvalue weighted by molar-refractivity contribution is -0.137. The van der Waals surface area contributed by atoms with Crippen molar-refractivity contribution in [3.8, 4) is 0 Å². The van der Waals surface area contributed by atoms with Gasteiger partial charge in [-0.1, -0.05) is 29.8 Å². The van der Waals surface area contributed by atoms with E-state index in [-0.39, 0.29) is 12.2 Å². The highest BCUT2D eigenvalue weighted by Gasteiger charge is 2.33. The van der Waals surface area contributed by atoms with Crippen LogP contribution in [0.2, 0.25) is 5.02 Å². The fourth-order valence-corrected chi connectivity index (χ4v) is 1.92. The summed E-state index contributed by atoms with van der Waals surface area (Å²) in [5.74, 6) is -0.239. The number of carbonyl (C=O) groups excluding carboxylic acids is 1. The van der Waals surface area contributed by atoms with E-state index in [4.69, 9.17) is 21.1 Å². The summed E-state index contributed by atoms with van der Waals surface area (Å²) in [5.41, 5.74) is 0.568. The molecule has 1 aromatic rings. The Morgan fingerprint density at radius 1 is 1.47 bits per heavy atom. The molecule has 90 valence electrons. The Bertz CT molecular complexity index is 481. The van der Waals surface area contributed by atoms with Crippen molar-refractivity contribution in [3.63, 3.8) is 0 Å². The average molecular weight is 255 g/mol. The first-order chi connectivity index (χ1) is 8.15. The number of esters is 1. The largest absolute Gasteiger partial charge is 0.497 e. The van der Waals surface area contributed by atoms with Gasteiger partial charge in [0.1, 0.15) is 24.0 Å². The molecule has 1 aliphatic rings. The van der Waals surface area contributed by atoms with Crippen LogP contribution in [0.5, 0.6) is 0 Å². The van der Waals surface area contributed by atoms with Gasteiger partial charge in [-0.05, 0) is 6.07 Å². The average Bonchev–Trinajstić information content (AvgIpc) is 2.70. The van der Waals surface area contributed by atoms with Crippen LogP contribution in [0.1, 0.15) is 11.7 Å². The Hall–Kier alpha value is -1.52. The standard InChI is InChI=1S/C12H11ClO4/c1-16-9-6-17-12(15)10(9)11(14)7-4-2-3-5-8(7)13/h2-5,11,14H,6H2,1H3. The molecule has 2 rings (SSSR count). The number of aliphatic hydroxyl groups excluding tert-OH is 1. The first-order valence-electron chi connectivity index (χ1n) is 5.01. The van der Waals surface area contributed by atoms with Gasteiger partial charge in [0.05, 0.1) is 7.11 Å². The summed E-state index contributed by atoms with van der Waals surface area (Å²) in [5, 5.41) is 10.5. The number of rotatable bonds is 3. The van der Waals surface area contributed by atoms with Crippen molar-refractivity contribution in [1.29, 1.82) is 0 Å². The summed E-state index contributed by atoms with van der Waals surface area (Å²) < 4.78 is 9.82. The van der Waals surface area contributed by atoms with Gasteiger partial charge in [0.2, 0.25) is 0 Å². The summed E-state index contributed by atoms with van der Waals surface area (Å²) in [6.45, 7) is 0.0478. The van der Waals surface area contributed by atoms with E-state index in [9.17, 15) is 9.90 Å². The number of hydrogen-bond acceptors (Lipinski definition) is 4. The molecule has 4 nitrogen and oxygen atoms in total. The molecule has 1 aromatic carbocycles. The monoisotopic (exact) mass is 254 g/mol. The number of ether oxygens (including phenoxy) is 2. The lowest BCUT2D eigenvalue weighted by atomic mass is 10.0. The van der Waals surface area contributed by atoms with Crippen LogP contribution in [-0.2, 0) is 14.3 Å². The lowest BCUT2D eigenvalue weighted by Gasteiger charge is -2.12. The number of carbonyl (C=O) groups is 1. The van der Waals surface area contributed by atoms with Gasteiger partial charge >= 0.3 is 5.97 Å². The Morgan fingerprint density at radius 2 is 2.18 bits per heavy atom. The van der Waals surface area contributed by atoms with Crippen LogP contribution < -0.4 is 0 Å². The number of cyclic esters (lactones) is 1. The number of hydrogen-bond donors (Lipinski definition) is 1. The van der Waals surface area contributed by atoms with Crippen molar-refractivity contribution in [2.75, 3.05) is 13.7 Å². The maximum atomic E-state index is 11.5. The normalized spacial score (nSPS) is 17.0. The topological polar surface area (TPSA) is 55.8 Å². The number of benzene rings is 1. The Balaban J connectivity index is 2.41. The molecule has 5 heteroatoms. The van der Waals surface area contributed by atoms with E-state index in [1.54, 1.807) is 24.3 Å². The molecule has 0 aromatic heterocycles. The van der Waals surface area contributed by atoms with Gasteiger partial charge in [-0.25, -0.2) is 4.79 Å². The van der Waals surface area contributed by atoms with Crippen LogP contribution in [0.15, 0.2) is 35.6 Å². The van der Waals surface area contributed by atoms with Crippen LogP contribution >= 0.6 is 11.6 Å². The van der Waals surface area contributed by atoms with Gasteiger partial charge in [0.25, 0.3) is 0 Å². The lowest BCUT2D eigenvalue weighted by Crippen LogP contribution is -2.10. The Morgan fingerprint density at radius 3 is 2.82 bits per heavy atom. The second-order valence-corrected chi connectivity index (χ2v) is 3.95. The maximum Gasteiger partial charge on any atom is 0.341 e. The Labute approximate surface area is 103 Å². The van der Waals surface area contributed by atoms with Crippen molar-refractivity contribution in [3.05, 3.63) is 46.2 Å². The summed E-state index contributed by atoms with van der Waals surface area (Å²) in [7, 11) is 1.43. The van der Waals surface area contributed by atoms with Crippen LogP contribution in [-0.4, -0.2) is 24.8 Å². The van der Waals surface area contributed by atoms with Gasteiger partial charge in [0.15, 0.2) is 0 Å². The van der Waals surface area contributed by atoms with Gasteiger partial charge in [-0.2, -0.15) is 0 Å². The van der Waals surface area contributed by atoms with Gasteiger partial charge < -0.3 is 14.6 Å². The minimum atomic E-state index is -1.13. The molecule has 0 radical (unpaired) electrons. The highest BCUT2D eigenvalue weighted by molar-refractivity contribution is 6.31. The second kappa shape index (κ2) is 4.77. The van der Waals surface area contributed by atoms with Crippen molar-refractivity contribution >= 4 is 17.6 Å². The van der Waals surface area contributed by atoms with Crippen molar-refractivity contribution in [2.45, 2.75) is 6.10 Å². The van der Waals surface area contributed by atoms with E-state index in [1.807, 2.05) is 0 Å². The van der Waals surface area contributed by atoms with Gasteiger partial charge in [-0.3, -0.25) is 0 Å². The van der Waals surface area contributed by atoms with Gasteiger partial charge in [0, 0.05) is 10.6 Å². The molecule has 1 atom stereocenters. The minimum absolute atomic E-state index is 0.0478. The molecule has 0 saturated carbocycles. The smallest absolute Gasteiger partial charge is 0.341 e. The first kappa shape index (κ1) is 12.0.